The Balaban J connectivity index is 3.13. The van der Waals surface area contributed by atoms with Gasteiger partial charge in [-0.2, -0.15) is 5.26 Å². The number of aliphatic hydroxyl groups excluding tert-OH is 2. The number of nitrogens with one attached hydrogen (secondary N) is 1. The number of pyridine rings is 1. The zero-order valence-electron chi connectivity index (χ0n) is 6.94. The van der Waals surface area contributed by atoms with Crippen LogP contribution in [0, 0.1) is 11.3 Å². The highest BCUT2D eigenvalue weighted by Crippen LogP contribution is 2.16. The summed E-state index contributed by atoms with van der Waals surface area (Å²) in [4.78, 5) is 13.5. The molecule has 5 nitrogen and oxygen atoms in total. The summed E-state index contributed by atoms with van der Waals surface area (Å²) in [5, 5.41) is 26.7. The average molecular weight is 259 g/mol. The van der Waals surface area contributed by atoms with Crippen molar-refractivity contribution in [3.63, 3.8) is 0 Å². The van der Waals surface area contributed by atoms with Crippen LogP contribution in [0.3, 0.4) is 0 Å². The van der Waals surface area contributed by atoms with Crippen LogP contribution in [0.5, 0.6) is 0 Å². The first kappa shape index (κ1) is 10.9. The number of halogens is 1. The molecule has 0 aliphatic rings. The predicted molar refractivity (Wildman–Crippen MR) is 51.3 cm³/mol. The lowest BCUT2D eigenvalue weighted by Gasteiger charge is -2.10. The summed E-state index contributed by atoms with van der Waals surface area (Å²) in [6.07, 6.45) is -1.70. The van der Waals surface area contributed by atoms with Crippen LogP contribution < -0.4 is 5.56 Å². The lowest BCUT2D eigenvalue weighted by Crippen LogP contribution is -2.23. The molecule has 0 aliphatic carbocycles. The van der Waals surface area contributed by atoms with E-state index in [1.165, 1.54) is 18.3 Å². The molecule has 0 aromatic carbocycles. The first-order valence-electron chi connectivity index (χ1n) is 3.70. The summed E-state index contributed by atoms with van der Waals surface area (Å²) in [6.45, 7) is 0. The van der Waals surface area contributed by atoms with Gasteiger partial charge in [0.25, 0.3) is 5.56 Å². The van der Waals surface area contributed by atoms with Crippen LogP contribution in [0.4, 0.5) is 0 Å². The number of nitrogens with zero attached hydrogens (tertiary/aromatic N) is 1. The molecule has 6 heteroatoms. The van der Waals surface area contributed by atoms with Gasteiger partial charge in [-0.1, -0.05) is 0 Å². The van der Waals surface area contributed by atoms with E-state index in [0.717, 1.165) is 0 Å². The number of rotatable bonds is 2. The zero-order chi connectivity index (χ0) is 10.7. The minimum atomic E-state index is -1.61. The summed E-state index contributed by atoms with van der Waals surface area (Å²) in [5.74, 6) is 0. The SMILES string of the molecule is N#CC(O)C(O)c1cc(Br)c[nH]c1=O. The molecule has 0 spiro atoms. The van der Waals surface area contributed by atoms with Crippen LogP contribution in [0.25, 0.3) is 0 Å². The maximum Gasteiger partial charge on any atom is 0.253 e. The molecule has 0 amide bonds. The second-order valence-electron chi connectivity index (χ2n) is 2.62. The molecular weight excluding hydrogens is 252 g/mol. The lowest BCUT2D eigenvalue weighted by molar-refractivity contribution is 0.0518. The second-order valence-corrected chi connectivity index (χ2v) is 3.54. The van der Waals surface area contributed by atoms with Gasteiger partial charge in [0.15, 0.2) is 6.10 Å². The van der Waals surface area contributed by atoms with Crippen molar-refractivity contribution in [2.24, 2.45) is 0 Å². The third-order valence-electron chi connectivity index (χ3n) is 1.65. The standard InChI is InChI=1S/C8H7BrN2O3/c9-4-1-5(8(14)11-3-4)7(13)6(12)2-10/h1,3,6-7,12-13H,(H,11,14). The van der Waals surface area contributed by atoms with Crippen LogP contribution in [-0.2, 0) is 0 Å². The predicted octanol–water partition coefficient (Wildman–Crippen LogP) is 0.0553. The first-order chi connectivity index (χ1) is 6.56. The van der Waals surface area contributed by atoms with E-state index in [0.29, 0.717) is 4.47 Å². The molecule has 2 atom stereocenters. The lowest BCUT2D eigenvalue weighted by atomic mass is 10.1. The molecule has 14 heavy (non-hydrogen) atoms. The van der Waals surface area contributed by atoms with E-state index in [-0.39, 0.29) is 5.56 Å². The number of aromatic amines is 1. The molecule has 0 saturated heterocycles. The smallest absolute Gasteiger partial charge is 0.253 e. The van der Waals surface area contributed by atoms with Crippen LogP contribution in [0.1, 0.15) is 11.7 Å². The Morgan fingerprint density at radius 2 is 2.21 bits per heavy atom. The fourth-order valence-electron chi connectivity index (χ4n) is 0.934. The quantitative estimate of drug-likeness (QED) is 0.654. The molecule has 0 aliphatic heterocycles. The van der Waals surface area contributed by atoms with Crippen molar-refractivity contribution in [1.29, 1.82) is 5.26 Å². The first-order valence-corrected chi connectivity index (χ1v) is 4.49. The van der Waals surface area contributed by atoms with Gasteiger partial charge in [-0.05, 0) is 22.0 Å². The van der Waals surface area contributed by atoms with Crippen molar-refractivity contribution in [3.8, 4) is 6.07 Å². The van der Waals surface area contributed by atoms with Crippen molar-refractivity contribution in [3.05, 3.63) is 32.7 Å². The van der Waals surface area contributed by atoms with Crippen molar-refractivity contribution in [2.45, 2.75) is 12.2 Å². The number of aromatic nitrogens is 1. The molecule has 3 N–H and O–H groups in total. The Morgan fingerprint density at radius 1 is 1.57 bits per heavy atom. The minimum absolute atomic E-state index is 0.0478. The fourth-order valence-corrected chi connectivity index (χ4v) is 1.30. The van der Waals surface area contributed by atoms with Gasteiger partial charge in [0.2, 0.25) is 0 Å². The van der Waals surface area contributed by atoms with E-state index in [1.54, 1.807) is 0 Å². The molecular formula is C8H7BrN2O3. The fraction of sp³-hybridized carbons (Fsp3) is 0.250. The Morgan fingerprint density at radius 3 is 2.79 bits per heavy atom. The molecule has 1 heterocycles. The number of H-pyrrole nitrogens is 1. The van der Waals surface area contributed by atoms with Crippen molar-refractivity contribution < 1.29 is 10.2 Å². The van der Waals surface area contributed by atoms with Crippen LogP contribution >= 0.6 is 15.9 Å². The van der Waals surface area contributed by atoms with Crippen molar-refractivity contribution >= 4 is 15.9 Å². The van der Waals surface area contributed by atoms with E-state index in [1.807, 2.05) is 0 Å². The van der Waals surface area contributed by atoms with Crippen LogP contribution in [0.15, 0.2) is 21.5 Å². The van der Waals surface area contributed by atoms with E-state index in [9.17, 15) is 9.90 Å². The Labute approximate surface area is 87.8 Å². The van der Waals surface area contributed by atoms with Crippen molar-refractivity contribution in [2.75, 3.05) is 0 Å². The largest absolute Gasteiger partial charge is 0.384 e. The van der Waals surface area contributed by atoms with E-state index in [2.05, 4.69) is 20.9 Å². The Bertz CT molecular complexity index is 423. The number of hydrogen-bond acceptors (Lipinski definition) is 4. The molecule has 1 aromatic rings. The molecule has 2 unspecified atom stereocenters. The second kappa shape index (κ2) is 4.37. The summed E-state index contributed by atoms with van der Waals surface area (Å²) in [7, 11) is 0. The molecule has 0 bridgehead atoms. The third kappa shape index (κ3) is 2.20. The average Bonchev–Trinajstić information content (AvgIpc) is 2.19. The summed E-state index contributed by atoms with van der Waals surface area (Å²) >= 11 is 3.09. The van der Waals surface area contributed by atoms with Crippen LogP contribution in [0.2, 0.25) is 0 Å². The highest BCUT2D eigenvalue weighted by Gasteiger charge is 2.20. The van der Waals surface area contributed by atoms with Gasteiger partial charge in [-0.15, -0.1) is 0 Å². The third-order valence-corrected chi connectivity index (χ3v) is 2.10. The topological polar surface area (TPSA) is 97.1 Å². The number of aliphatic hydroxyl groups is 2. The van der Waals surface area contributed by atoms with Gasteiger partial charge in [0.1, 0.15) is 6.10 Å². The van der Waals surface area contributed by atoms with Crippen molar-refractivity contribution in [1.82, 2.24) is 4.98 Å². The zero-order valence-corrected chi connectivity index (χ0v) is 8.52. The van der Waals surface area contributed by atoms with E-state index < -0.39 is 17.8 Å². The summed E-state index contributed by atoms with van der Waals surface area (Å²) in [5.41, 5.74) is -0.580. The van der Waals surface area contributed by atoms with Gasteiger partial charge in [-0.3, -0.25) is 4.79 Å². The maximum absolute atomic E-state index is 11.2. The highest BCUT2D eigenvalue weighted by atomic mass is 79.9. The van der Waals surface area contributed by atoms with Gasteiger partial charge >= 0.3 is 0 Å². The Kier molecular flexibility index (Phi) is 3.41. The van der Waals surface area contributed by atoms with Gasteiger partial charge in [0.05, 0.1) is 11.6 Å². The summed E-state index contributed by atoms with van der Waals surface area (Å²) in [6, 6.07) is 2.80. The van der Waals surface area contributed by atoms with Gasteiger partial charge < -0.3 is 15.2 Å². The number of nitriles is 1. The molecule has 0 fully saturated rings. The molecule has 0 saturated carbocycles. The normalized spacial score (nSPS) is 14.4. The van der Waals surface area contributed by atoms with E-state index >= 15 is 0 Å². The van der Waals surface area contributed by atoms with Gasteiger partial charge in [-0.25, -0.2) is 0 Å². The van der Waals surface area contributed by atoms with E-state index in [4.69, 9.17) is 10.4 Å². The Hall–Kier alpha value is -1.16. The molecule has 1 aromatic heterocycles. The number of hydrogen-bond donors (Lipinski definition) is 3. The molecule has 74 valence electrons. The van der Waals surface area contributed by atoms with Gasteiger partial charge in [0, 0.05) is 10.7 Å². The molecule has 0 radical (unpaired) electrons. The monoisotopic (exact) mass is 258 g/mol. The highest BCUT2D eigenvalue weighted by molar-refractivity contribution is 9.10. The minimum Gasteiger partial charge on any atom is -0.384 e. The maximum atomic E-state index is 11.2. The van der Waals surface area contributed by atoms with Crippen LogP contribution in [-0.4, -0.2) is 21.3 Å². The molecule has 1 rings (SSSR count). The summed E-state index contributed by atoms with van der Waals surface area (Å²) < 4.78 is 0.552.